The number of rotatable bonds is 8. The standard InChI is InChI=1S/C27H23FN2O4/c28-24-9-5-4-8-22(24)17-34-23-13-12-20-14-18(10-11-21(20)15-23)16-27(29,26(32)33)30-25(31)19-6-2-1-3-7-19/h1-15H,16-17,29H2,(H,30,31)(H,32,33)/t27-/m1/s1. The maximum Gasteiger partial charge on any atom is 0.344 e. The van der Waals surface area contributed by atoms with Crippen LogP contribution in [0.1, 0.15) is 21.5 Å². The van der Waals surface area contributed by atoms with Crippen molar-refractivity contribution in [2.45, 2.75) is 18.7 Å². The van der Waals surface area contributed by atoms with Crippen LogP contribution in [0.5, 0.6) is 5.75 Å². The molecule has 0 unspecified atom stereocenters. The van der Waals surface area contributed by atoms with Gasteiger partial charge >= 0.3 is 5.97 Å². The summed E-state index contributed by atoms with van der Waals surface area (Å²) < 4.78 is 19.5. The maximum atomic E-state index is 13.8. The number of benzene rings is 4. The molecule has 1 amide bonds. The molecular formula is C27H23FN2O4. The van der Waals surface area contributed by atoms with Crippen LogP contribution in [-0.2, 0) is 17.8 Å². The highest BCUT2D eigenvalue weighted by molar-refractivity contribution is 5.97. The molecule has 0 fully saturated rings. The number of hydrogen-bond acceptors (Lipinski definition) is 4. The molecule has 0 aliphatic carbocycles. The zero-order valence-electron chi connectivity index (χ0n) is 18.2. The number of halogens is 1. The van der Waals surface area contributed by atoms with Gasteiger partial charge in [0.2, 0.25) is 0 Å². The average molecular weight is 458 g/mol. The highest BCUT2D eigenvalue weighted by atomic mass is 19.1. The summed E-state index contributed by atoms with van der Waals surface area (Å²) in [5.74, 6) is -1.65. The molecule has 0 saturated carbocycles. The Morgan fingerprint density at radius 2 is 1.59 bits per heavy atom. The van der Waals surface area contributed by atoms with E-state index in [4.69, 9.17) is 10.5 Å². The van der Waals surface area contributed by atoms with Gasteiger partial charge in [0.1, 0.15) is 18.2 Å². The lowest BCUT2D eigenvalue weighted by atomic mass is 9.97. The first-order valence-electron chi connectivity index (χ1n) is 10.6. The Balaban J connectivity index is 1.49. The van der Waals surface area contributed by atoms with E-state index in [0.29, 0.717) is 22.4 Å². The van der Waals surface area contributed by atoms with Gasteiger partial charge in [-0.2, -0.15) is 0 Å². The molecule has 1 atom stereocenters. The number of fused-ring (bicyclic) bond motifs is 1. The minimum Gasteiger partial charge on any atom is -0.489 e. The number of ether oxygens (including phenoxy) is 1. The number of carbonyl (C=O) groups is 2. The van der Waals surface area contributed by atoms with Gasteiger partial charge in [-0.15, -0.1) is 0 Å². The SMILES string of the molecule is N[C@](Cc1ccc2cc(OCc3ccccc3F)ccc2c1)(NC(=O)c1ccccc1)C(=O)O. The zero-order valence-corrected chi connectivity index (χ0v) is 18.2. The third-order valence-electron chi connectivity index (χ3n) is 5.47. The van der Waals surface area contributed by atoms with E-state index in [0.717, 1.165) is 10.8 Å². The summed E-state index contributed by atoms with van der Waals surface area (Å²) in [6.45, 7) is 0.103. The lowest BCUT2D eigenvalue weighted by molar-refractivity contribution is -0.144. The molecule has 4 rings (SSSR count). The summed E-state index contributed by atoms with van der Waals surface area (Å²) >= 11 is 0. The molecule has 0 bridgehead atoms. The van der Waals surface area contributed by atoms with Crippen LogP contribution in [0.3, 0.4) is 0 Å². The van der Waals surface area contributed by atoms with Gasteiger partial charge in [-0.3, -0.25) is 10.5 Å². The molecule has 0 spiro atoms. The number of nitrogens with two attached hydrogens (primary N) is 1. The van der Waals surface area contributed by atoms with Crippen LogP contribution in [0, 0.1) is 5.82 Å². The van der Waals surface area contributed by atoms with Crippen LogP contribution in [0.4, 0.5) is 4.39 Å². The Morgan fingerprint density at radius 3 is 2.32 bits per heavy atom. The number of amides is 1. The second kappa shape index (κ2) is 9.72. The number of aliphatic carboxylic acids is 1. The number of nitrogens with one attached hydrogen (secondary N) is 1. The van der Waals surface area contributed by atoms with E-state index in [-0.39, 0.29) is 18.8 Å². The van der Waals surface area contributed by atoms with Gasteiger partial charge in [0.15, 0.2) is 5.66 Å². The van der Waals surface area contributed by atoms with E-state index in [2.05, 4.69) is 5.32 Å². The number of carboxylic acids is 1. The number of carbonyl (C=O) groups excluding carboxylic acids is 1. The number of hydrogen-bond donors (Lipinski definition) is 3. The van der Waals surface area contributed by atoms with E-state index in [1.807, 2.05) is 24.3 Å². The van der Waals surface area contributed by atoms with E-state index in [9.17, 15) is 19.1 Å². The van der Waals surface area contributed by atoms with Gasteiger partial charge < -0.3 is 15.2 Å². The smallest absolute Gasteiger partial charge is 0.344 e. The van der Waals surface area contributed by atoms with E-state index >= 15 is 0 Å². The molecule has 0 aliphatic heterocycles. The fourth-order valence-electron chi connectivity index (χ4n) is 3.61. The van der Waals surface area contributed by atoms with Gasteiger partial charge in [0.05, 0.1) is 0 Å². The summed E-state index contributed by atoms with van der Waals surface area (Å²) in [5.41, 5.74) is 5.55. The van der Waals surface area contributed by atoms with Gasteiger partial charge in [-0.05, 0) is 46.7 Å². The molecule has 0 aliphatic rings. The van der Waals surface area contributed by atoms with Gasteiger partial charge in [-0.1, -0.05) is 60.7 Å². The molecule has 0 aromatic heterocycles. The van der Waals surface area contributed by atoms with Gasteiger partial charge in [0.25, 0.3) is 5.91 Å². The molecule has 172 valence electrons. The van der Waals surface area contributed by atoms with Crippen LogP contribution < -0.4 is 15.8 Å². The lowest BCUT2D eigenvalue weighted by Crippen LogP contribution is -2.63. The number of carboxylic acid groups (broad SMARTS) is 1. The third kappa shape index (κ3) is 5.22. The molecule has 7 heteroatoms. The second-order valence-electron chi connectivity index (χ2n) is 8.00. The first-order valence-corrected chi connectivity index (χ1v) is 10.6. The van der Waals surface area contributed by atoms with Crippen molar-refractivity contribution in [2.75, 3.05) is 0 Å². The van der Waals surface area contributed by atoms with Crippen molar-refractivity contribution in [2.24, 2.45) is 5.73 Å². The topological polar surface area (TPSA) is 102 Å². The molecule has 34 heavy (non-hydrogen) atoms. The molecule has 0 saturated heterocycles. The minimum absolute atomic E-state index is 0.103. The van der Waals surface area contributed by atoms with Gasteiger partial charge in [0, 0.05) is 17.5 Å². The Labute approximate surface area is 195 Å². The van der Waals surface area contributed by atoms with Crippen molar-refractivity contribution in [3.05, 3.63) is 114 Å². The highest BCUT2D eigenvalue weighted by Crippen LogP contribution is 2.24. The first-order chi connectivity index (χ1) is 16.3. The Morgan fingerprint density at radius 1 is 0.912 bits per heavy atom. The van der Waals surface area contributed by atoms with Crippen molar-refractivity contribution >= 4 is 22.6 Å². The molecule has 6 nitrogen and oxygen atoms in total. The summed E-state index contributed by atoms with van der Waals surface area (Å²) in [4.78, 5) is 24.4. The summed E-state index contributed by atoms with van der Waals surface area (Å²) in [6, 6.07) is 25.5. The van der Waals surface area contributed by atoms with Gasteiger partial charge in [-0.25, -0.2) is 9.18 Å². The third-order valence-corrected chi connectivity index (χ3v) is 5.47. The van der Waals surface area contributed by atoms with Crippen molar-refractivity contribution in [3.8, 4) is 5.75 Å². The fraction of sp³-hybridized carbons (Fsp3) is 0.111. The lowest BCUT2D eigenvalue weighted by Gasteiger charge is -2.26. The van der Waals surface area contributed by atoms with E-state index in [1.165, 1.54) is 6.07 Å². The Kier molecular flexibility index (Phi) is 6.56. The zero-order chi connectivity index (χ0) is 24.1. The molecule has 4 aromatic rings. The van der Waals surface area contributed by atoms with Crippen molar-refractivity contribution in [1.82, 2.24) is 5.32 Å². The van der Waals surface area contributed by atoms with Crippen molar-refractivity contribution in [3.63, 3.8) is 0 Å². The predicted octanol–water partition coefficient (Wildman–Crippen LogP) is 4.27. The van der Waals surface area contributed by atoms with Crippen molar-refractivity contribution < 1.29 is 23.8 Å². The van der Waals surface area contributed by atoms with E-state index < -0.39 is 17.5 Å². The normalized spacial score (nSPS) is 12.6. The fourth-order valence-corrected chi connectivity index (χ4v) is 3.61. The van der Waals surface area contributed by atoms with Crippen molar-refractivity contribution in [1.29, 1.82) is 0 Å². The predicted molar refractivity (Wildman–Crippen MR) is 127 cm³/mol. The minimum atomic E-state index is -1.98. The molecule has 4 aromatic carbocycles. The van der Waals surface area contributed by atoms with Crippen LogP contribution in [0.25, 0.3) is 10.8 Å². The quantitative estimate of drug-likeness (QED) is 0.342. The second-order valence-corrected chi connectivity index (χ2v) is 8.00. The highest BCUT2D eigenvalue weighted by Gasteiger charge is 2.36. The molecule has 4 N–H and O–H groups in total. The summed E-state index contributed by atoms with van der Waals surface area (Å²) in [5, 5.41) is 13.9. The van der Waals surface area contributed by atoms with Crippen LogP contribution >= 0.6 is 0 Å². The average Bonchev–Trinajstić information content (AvgIpc) is 2.84. The van der Waals surface area contributed by atoms with Crippen LogP contribution in [-0.4, -0.2) is 22.6 Å². The summed E-state index contributed by atoms with van der Waals surface area (Å²) in [7, 11) is 0. The molecule has 0 radical (unpaired) electrons. The molecular weight excluding hydrogens is 435 g/mol. The Hall–Kier alpha value is -4.23. The summed E-state index contributed by atoms with van der Waals surface area (Å²) in [6.07, 6.45) is -0.109. The van der Waals surface area contributed by atoms with Crippen LogP contribution in [0.15, 0.2) is 91.0 Å². The molecule has 0 heterocycles. The maximum absolute atomic E-state index is 13.8. The Bertz CT molecular complexity index is 1340. The monoisotopic (exact) mass is 458 g/mol. The van der Waals surface area contributed by atoms with Crippen LogP contribution in [0.2, 0.25) is 0 Å². The largest absolute Gasteiger partial charge is 0.489 e. The van der Waals surface area contributed by atoms with E-state index in [1.54, 1.807) is 60.7 Å². The first kappa shape index (κ1) is 22.9.